The van der Waals surface area contributed by atoms with Gasteiger partial charge in [-0.2, -0.15) is 5.10 Å². The van der Waals surface area contributed by atoms with Gasteiger partial charge in [-0.1, -0.05) is 12.1 Å². The van der Waals surface area contributed by atoms with Crippen molar-refractivity contribution in [2.24, 2.45) is 16.5 Å². The highest BCUT2D eigenvalue weighted by atomic mass is 16.3. The lowest BCUT2D eigenvalue weighted by Crippen LogP contribution is -2.88. The summed E-state index contributed by atoms with van der Waals surface area (Å²) in [5.74, 6) is -0.398. The molecule has 10 N–H and O–H groups in total. The van der Waals surface area contributed by atoms with Gasteiger partial charge in [-0.05, 0) is 48.9 Å². The number of aromatic nitrogens is 2. The number of aromatic amines is 1. The number of fused-ring (bicyclic) bond motifs is 1. The Kier molecular flexibility index (Phi) is 5.98. The highest BCUT2D eigenvalue weighted by Crippen LogP contribution is 2.35. The van der Waals surface area contributed by atoms with Crippen LogP contribution in [0.2, 0.25) is 0 Å². The lowest BCUT2D eigenvalue weighted by Gasteiger charge is -2.43. The Hall–Kier alpha value is -4.46. The van der Waals surface area contributed by atoms with E-state index >= 15 is 0 Å². The molecule has 0 radical (unpaired) electrons. The van der Waals surface area contributed by atoms with Gasteiger partial charge in [0.2, 0.25) is 5.66 Å². The number of amides is 2. The molecule has 14 heteroatoms. The molecule has 5 atom stereocenters. The van der Waals surface area contributed by atoms with E-state index < -0.39 is 41.4 Å². The Morgan fingerprint density at radius 2 is 2.00 bits per heavy atom. The monoisotopic (exact) mass is 535 g/mol. The third kappa shape index (κ3) is 4.07. The number of H-pyrrole nitrogens is 1. The zero-order valence-electron chi connectivity index (χ0n) is 21.1. The molecule has 1 aliphatic carbocycles. The van der Waals surface area contributed by atoms with Crippen molar-refractivity contribution in [3.05, 3.63) is 63.1 Å². The maximum atomic E-state index is 13.4. The second-order valence-corrected chi connectivity index (χ2v) is 10.3. The fraction of sp³-hybridized carbons (Fsp3) is 0.440. The molecular formula is C25H31N10O4+. The number of aliphatic hydroxyl groups excluding tert-OH is 1. The summed E-state index contributed by atoms with van der Waals surface area (Å²) in [4.78, 5) is 46.7. The first kappa shape index (κ1) is 24.9. The molecular weight excluding hydrogens is 504 g/mol. The van der Waals surface area contributed by atoms with Crippen molar-refractivity contribution in [2.45, 2.75) is 55.6 Å². The lowest BCUT2D eigenvalue weighted by atomic mass is 9.87. The Morgan fingerprint density at radius 3 is 2.79 bits per heavy atom. The zero-order chi connectivity index (χ0) is 27.3. The van der Waals surface area contributed by atoms with E-state index in [1.165, 1.54) is 17.7 Å². The van der Waals surface area contributed by atoms with E-state index in [4.69, 9.17) is 11.5 Å². The number of guanidine groups is 2. The number of hydrogen-bond donors (Lipinski definition) is 8. The molecule has 3 aliphatic heterocycles. The van der Waals surface area contributed by atoms with Crippen molar-refractivity contribution in [2.75, 3.05) is 13.1 Å². The minimum Gasteiger partial charge on any atom is -0.385 e. The number of carbonyl (C=O) groups is 2. The van der Waals surface area contributed by atoms with Crippen LogP contribution in [0.3, 0.4) is 0 Å². The molecule has 4 heterocycles. The normalized spacial score (nSPS) is 28.8. The van der Waals surface area contributed by atoms with Gasteiger partial charge in [0.15, 0.2) is 12.0 Å². The summed E-state index contributed by atoms with van der Waals surface area (Å²) in [5.41, 5.74) is 13.8. The van der Waals surface area contributed by atoms with Crippen molar-refractivity contribution in [3.63, 3.8) is 0 Å². The lowest BCUT2D eigenvalue weighted by molar-refractivity contribution is -0.513. The molecule has 2 amide bonds. The Bertz CT molecular complexity index is 1430. The quantitative estimate of drug-likeness (QED) is 0.185. The fourth-order valence-corrected chi connectivity index (χ4v) is 6.29. The van der Waals surface area contributed by atoms with Crippen LogP contribution in [-0.2, 0) is 12.8 Å². The third-order valence-electron chi connectivity index (χ3n) is 8.08. The van der Waals surface area contributed by atoms with Gasteiger partial charge < -0.3 is 26.4 Å². The predicted molar refractivity (Wildman–Crippen MR) is 139 cm³/mol. The van der Waals surface area contributed by atoms with E-state index in [0.717, 1.165) is 31.2 Å². The molecule has 1 saturated heterocycles. The van der Waals surface area contributed by atoms with Crippen LogP contribution >= 0.6 is 0 Å². The molecule has 1 spiro atoms. The Morgan fingerprint density at radius 1 is 1.18 bits per heavy atom. The molecule has 39 heavy (non-hydrogen) atoms. The van der Waals surface area contributed by atoms with E-state index in [1.807, 2.05) is 12.1 Å². The molecule has 6 rings (SSSR count). The summed E-state index contributed by atoms with van der Waals surface area (Å²) < 4.78 is 0. The van der Waals surface area contributed by atoms with Gasteiger partial charge in [0.05, 0.1) is 6.04 Å². The van der Waals surface area contributed by atoms with Crippen LogP contribution in [0, 0.1) is 0 Å². The van der Waals surface area contributed by atoms with Crippen LogP contribution in [0.4, 0.5) is 0 Å². The minimum absolute atomic E-state index is 0.0362. The van der Waals surface area contributed by atoms with Crippen LogP contribution in [0.25, 0.3) is 0 Å². The number of aliphatic hydroxyl groups is 1. The first-order valence-corrected chi connectivity index (χ1v) is 13.0. The summed E-state index contributed by atoms with van der Waals surface area (Å²) >= 11 is 0. The molecule has 0 saturated carbocycles. The van der Waals surface area contributed by atoms with Gasteiger partial charge in [0.1, 0.15) is 17.8 Å². The topological polar surface area (TPSA) is 218 Å². The number of nitrogens with two attached hydrogens (primary N) is 2. The van der Waals surface area contributed by atoms with Crippen molar-refractivity contribution in [1.82, 2.24) is 31.0 Å². The van der Waals surface area contributed by atoms with E-state index in [-0.39, 0.29) is 36.6 Å². The van der Waals surface area contributed by atoms with E-state index in [1.54, 1.807) is 4.90 Å². The average Bonchev–Trinajstić information content (AvgIpc) is 3.43. The van der Waals surface area contributed by atoms with Crippen LogP contribution < -0.4 is 38.0 Å². The number of nitrogens with one attached hydrogen (secondary N) is 5. The molecule has 1 aromatic carbocycles. The van der Waals surface area contributed by atoms with Gasteiger partial charge in [-0.15, -0.1) is 0 Å². The molecule has 2 aromatic rings. The standard InChI is InChI=1S/C25H30N10O4/c26-23-31-19-16(10-28-22(39)15-8-9-18(36)34-33-15)30-24(27)35-11-17(20(37)25(19,35)32-23)29-21(38)14-7-3-5-12-4-1-2-6-13(12)14/h3,5,7-9,16-17,19-20,37H,1-2,4,6,10-11H2,(H2,27,30)(H,28,39)(H,29,38)(H,34,36)(H3,26,31,32)/p+1/t16-,17?,19-,20+,25-/m0/s1. The maximum absolute atomic E-state index is 13.4. The average molecular weight is 536 g/mol. The van der Waals surface area contributed by atoms with Gasteiger partial charge in [-0.25, -0.2) is 15.4 Å². The second kappa shape index (κ2) is 9.38. The highest BCUT2D eigenvalue weighted by Gasteiger charge is 2.68. The first-order chi connectivity index (χ1) is 18.8. The van der Waals surface area contributed by atoms with Crippen molar-refractivity contribution >= 4 is 23.7 Å². The molecule has 204 valence electrons. The minimum atomic E-state index is -1.20. The summed E-state index contributed by atoms with van der Waals surface area (Å²) in [7, 11) is 0. The van der Waals surface area contributed by atoms with Gasteiger partial charge in [0, 0.05) is 24.7 Å². The van der Waals surface area contributed by atoms with E-state index in [0.29, 0.717) is 5.56 Å². The third-order valence-corrected chi connectivity index (χ3v) is 8.08. The number of carbonyl (C=O) groups excluding carboxylic acids is 2. The van der Waals surface area contributed by atoms with Gasteiger partial charge in [-0.3, -0.25) is 25.1 Å². The molecule has 1 aromatic heterocycles. The zero-order valence-corrected chi connectivity index (χ0v) is 21.1. The number of hydrogen-bond acceptors (Lipinski definition) is 10. The Labute approximate surface area is 223 Å². The van der Waals surface area contributed by atoms with Gasteiger partial charge >= 0.3 is 5.96 Å². The molecule has 1 unspecified atom stereocenters. The summed E-state index contributed by atoms with van der Waals surface area (Å²) in [6, 6.07) is 6.42. The smallest absolute Gasteiger partial charge is 0.343 e. The van der Waals surface area contributed by atoms with E-state index in [2.05, 4.69) is 42.2 Å². The van der Waals surface area contributed by atoms with Crippen LogP contribution in [0.1, 0.15) is 44.8 Å². The number of nitrogens with zero attached hydrogens (tertiary/aromatic N) is 3. The maximum Gasteiger partial charge on any atom is 0.343 e. The first-order valence-electron chi connectivity index (χ1n) is 13.0. The SMILES string of the molecule is NC1=N[C@@H](CNC(=O)c2ccc(=O)[nH]n2)[C@@H]2[NH+]=C(N)N[C@@]23[C@H](O)C(NC(=O)c2cccc4c2CCCC4)CN13. The van der Waals surface area contributed by atoms with Crippen LogP contribution in [0.5, 0.6) is 0 Å². The number of aryl methyl sites for hydroxylation is 1. The van der Waals surface area contributed by atoms with Crippen LogP contribution in [0.15, 0.2) is 40.1 Å². The van der Waals surface area contributed by atoms with E-state index in [9.17, 15) is 19.5 Å². The fourth-order valence-electron chi connectivity index (χ4n) is 6.29. The van der Waals surface area contributed by atoms with Crippen LogP contribution in [-0.4, -0.2) is 86.9 Å². The second-order valence-electron chi connectivity index (χ2n) is 10.3. The summed E-state index contributed by atoms with van der Waals surface area (Å²) in [5, 5.41) is 26.5. The molecule has 4 aliphatic rings. The predicted octanol–water partition coefficient (Wildman–Crippen LogP) is -4.39. The molecule has 1 fully saturated rings. The Balaban J connectivity index is 1.22. The summed E-state index contributed by atoms with van der Waals surface area (Å²) in [6.07, 6.45) is 2.83. The van der Waals surface area contributed by atoms with Gasteiger partial charge in [0.25, 0.3) is 17.4 Å². The number of rotatable bonds is 5. The van der Waals surface area contributed by atoms with Crippen molar-refractivity contribution in [3.8, 4) is 0 Å². The van der Waals surface area contributed by atoms with Crippen molar-refractivity contribution in [1.29, 1.82) is 0 Å². The molecule has 0 bridgehead atoms. The number of aliphatic imine (C=N–C) groups is 1. The largest absolute Gasteiger partial charge is 0.385 e. The van der Waals surface area contributed by atoms with Crippen molar-refractivity contribution < 1.29 is 19.7 Å². The molecule has 14 nitrogen and oxygen atoms in total. The highest BCUT2D eigenvalue weighted by molar-refractivity contribution is 5.96. The summed E-state index contributed by atoms with van der Waals surface area (Å²) in [6.45, 7) is 0.249. The number of benzene rings is 1.